The zero-order valence-electron chi connectivity index (χ0n) is 15.1. The highest BCUT2D eigenvalue weighted by Gasteiger charge is 2.30. The summed E-state index contributed by atoms with van der Waals surface area (Å²) >= 11 is 0. The van der Waals surface area contributed by atoms with Crippen LogP contribution in [0.5, 0.6) is 5.75 Å². The van der Waals surface area contributed by atoms with E-state index >= 15 is 0 Å². The number of nitrogens with zero attached hydrogens (tertiary/aromatic N) is 3. The van der Waals surface area contributed by atoms with E-state index in [-0.39, 0.29) is 17.6 Å². The Balaban J connectivity index is 1.46. The van der Waals surface area contributed by atoms with Gasteiger partial charge >= 0.3 is 6.61 Å². The van der Waals surface area contributed by atoms with Gasteiger partial charge in [0.1, 0.15) is 11.6 Å². The lowest BCUT2D eigenvalue weighted by Gasteiger charge is -2.33. The van der Waals surface area contributed by atoms with Crippen LogP contribution in [-0.4, -0.2) is 40.1 Å². The fourth-order valence-corrected chi connectivity index (χ4v) is 3.77. The number of likely N-dealkylation sites (tertiary alicyclic amines) is 1. The molecule has 1 aliphatic heterocycles. The van der Waals surface area contributed by atoms with Gasteiger partial charge in [-0.15, -0.1) is 0 Å². The molecule has 1 amide bonds. The third kappa shape index (κ3) is 4.28. The average molecular weight is 375 g/mol. The minimum absolute atomic E-state index is 0.00406. The predicted octanol–water partition coefficient (Wildman–Crippen LogP) is 3.91. The lowest BCUT2D eigenvalue weighted by Crippen LogP contribution is -2.39. The number of aromatic nitrogens is 2. The van der Waals surface area contributed by atoms with Gasteiger partial charge in [0.15, 0.2) is 0 Å². The minimum atomic E-state index is -2.90. The average Bonchev–Trinajstić information content (AvgIpc) is 3.36. The van der Waals surface area contributed by atoms with Gasteiger partial charge < -0.3 is 14.2 Å². The first-order chi connectivity index (χ1) is 13.1. The number of halogens is 2. The Kier molecular flexibility index (Phi) is 5.09. The Morgan fingerprint density at radius 2 is 2.15 bits per heavy atom. The van der Waals surface area contributed by atoms with E-state index in [0.29, 0.717) is 18.7 Å². The number of benzene rings is 1. The topological polar surface area (TPSA) is 47.4 Å². The van der Waals surface area contributed by atoms with Crippen LogP contribution in [0.3, 0.4) is 0 Å². The van der Waals surface area contributed by atoms with Gasteiger partial charge in [0.05, 0.1) is 0 Å². The molecule has 2 aliphatic rings. The summed E-state index contributed by atoms with van der Waals surface area (Å²) in [6.07, 6.45) is 8.33. The molecule has 2 heterocycles. The molecule has 27 heavy (non-hydrogen) atoms. The zero-order chi connectivity index (χ0) is 18.8. The van der Waals surface area contributed by atoms with Crippen molar-refractivity contribution in [2.45, 2.75) is 44.8 Å². The first-order valence-electron chi connectivity index (χ1n) is 9.45. The van der Waals surface area contributed by atoms with E-state index in [2.05, 4.69) is 14.3 Å². The fraction of sp³-hybridized carbons (Fsp3) is 0.500. The third-order valence-electron chi connectivity index (χ3n) is 5.28. The number of ether oxygens (including phenoxy) is 1. The Bertz CT molecular complexity index is 804. The number of alkyl halides is 2. The summed E-state index contributed by atoms with van der Waals surface area (Å²) in [5.41, 5.74) is 0.370. The molecular formula is C20H23F2N3O2. The van der Waals surface area contributed by atoms with E-state index in [1.807, 2.05) is 12.4 Å². The Morgan fingerprint density at radius 3 is 2.93 bits per heavy atom. The van der Waals surface area contributed by atoms with Gasteiger partial charge in [-0.3, -0.25) is 4.79 Å². The van der Waals surface area contributed by atoms with E-state index in [4.69, 9.17) is 0 Å². The van der Waals surface area contributed by atoms with Crippen LogP contribution in [0.1, 0.15) is 47.8 Å². The SMILES string of the molecule is O=C(c1cccc(OC(F)F)c1)N1CCCC(c2nccn2CC2CC2)C1. The number of hydrogen-bond donors (Lipinski definition) is 0. The third-order valence-corrected chi connectivity index (χ3v) is 5.28. The second-order valence-corrected chi connectivity index (χ2v) is 7.38. The maximum Gasteiger partial charge on any atom is 0.387 e. The largest absolute Gasteiger partial charge is 0.435 e. The van der Waals surface area contributed by atoms with Gasteiger partial charge in [-0.25, -0.2) is 4.98 Å². The van der Waals surface area contributed by atoms with Gasteiger partial charge in [0, 0.05) is 43.5 Å². The van der Waals surface area contributed by atoms with E-state index in [1.165, 1.54) is 25.0 Å². The monoisotopic (exact) mass is 375 g/mol. The number of amides is 1. The summed E-state index contributed by atoms with van der Waals surface area (Å²) in [6.45, 7) is -0.633. The Morgan fingerprint density at radius 1 is 1.30 bits per heavy atom. The molecule has 0 radical (unpaired) electrons. The summed E-state index contributed by atoms with van der Waals surface area (Å²) in [5, 5.41) is 0. The number of rotatable bonds is 6. The molecule has 1 aliphatic carbocycles. The van der Waals surface area contributed by atoms with Crippen LogP contribution < -0.4 is 4.74 Å². The quantitative estimate of drug-likeness (QED) is 0.769. The molecule has 5 nitrogen and oxygen atoms in total. The summed E-state index contributed by atoms with van der Waals surface area (Å²) in [5.74, 6) is 1.87. The maximum absolute atomic E-state index is 12.9. The molecule has 0 N–H and O–H groups in total. The lowest BCUT2D eigenvalue weighted by atomic mass is 9.96. The van der Waals surface area contributed by atoms with Crippen LogP contribution >= 0.6 is 0 Å². The molecule has 0 bridgehead atoms. The molecule has 1 unspecified atom stereocenters. The highest BCUT2D eigenvalue weighted by atomic mass is 19.3. The summed E-state index contributed by atoms with van der Waals surface area (Å²) in [4.78, 5) is 19.2. The maximum atomic E-state index is 12.9. The molecule has 1 aromatic heterocycles. The van der Waals surface area contributed by atoms with Crippen molar-refractivity contribution in [3.63, 3.8) is 0 Å². The molecule has 2 fully saturated rings. The summed E-state index contributed by atoms with van der Waals surface area (Å²) in [6, 6.07) is 6.01. The van der Waals surface area contributed by atoms with Crippen molar-refractivity contribution in [3.05, 3.63) is 48.0 Å². The molecule has 7 heteroatoms. The molecule has 1 aromatic carbocycles. The number of carbonyl (C=O) groups is 1. The number of hydrogen-bond acceptors (Lipinski definition) is 3. The van der Waals surface area contributed by atoms with Gasteiger partial charge in [-0.05, 0) is 49.8 Å². The van der Waals surface area contributed by atoms with Crippen molar-refractivity contribution in [1.82, 2.24) is 14.5 Å². The van der Waals surface area contributed by atoms with E-state index in [1.54, 1.807) is 17.0 Å². The van der Waals surface area contributed by atoms with Crippen LogP contribution in [0.2, 0.25) is 0 Å². The van der Waals surface area contributed by atoms with Crippen molar-refractivity contribution in [1.29, 1.82) is 0 Å². The van der Waals surface area contributed by atoms with Crippen LogP contribution in [0.25, 0.3) is 0 Å². The van der Waals surface area contributed by atoms with Crippen molar-refractivity contribution in [3.8, 4) is 5.75 Å². The highest BCUT2D eigenvalue weighted by molar-refractivity contribution is 5.94. The first kappa shape index (κ1) is 17.9. The Labute approximate surface area is 156 Å². The van der Waals surface area contributed by atoms with Crippen molar-refractivity contribution in [2.24, 2.45) is 5.92 Å². The molecule has 4 rings (SSSR count). The number of imidazole rings is 1. The second-order valence-electron chi connectivity index (χ2n) is 7.38. The Hall–Kier alpha value is -2.44. The molecular weight excluding hydrogens is 352 g/mol. The zero-order valence-corrected chi connectivity index (χ0v) is 15.1. The molecule has 2 aromatic rings. The number of piperidine rings is 1. The number of carbonyl (C=O) groups excluding carboxylic acids is 1. The molecule has 1 atom stereocenters. The predicted molar refractivity (Wildman–Crippen MR) is 95.9 cm³/mol. The van der Waals surface area contributed by atoms with E-state index in [9.17, 15) is 13.6 Å². The minimum Gasteiger partial charge on any atom is -0.435 e. The van der Waals surface area contributed by atoms with Gasteiger partial charge in [-0.2, -0.15) is 8.78 Å². The smallest absolute Gasteiger partial charge is 0.387 e. The summed E-state index contributed by atoms with van der Waals surface area (Å²) < 4.78 is 31.5. The standard InChI is InChI=1S/C20H23F2N3O2/c21-20(22)27-17-5-1-3-15(11-17)19(26)25-9-2-4-16(13-25)18-23-8-10-24(18)12-14-6-7-14/h1,3,5,8,10-11,14,16,20H,2,4,6-7,9,12-13H2. The van der Waals surface area contributed by atoms with E-state index < -0.39 is 6.61 Å². The lowest BCUT2D eigenvalue weighted by molar-refractivity contribution is -0.0499. The van der Waals surface area contributed by atoms with Crippen LogP contribution in [-0.2, 0) is 6.54 Å². The van der Waals surface area contributed by atoms with Crippen LogP contribution in [0.15, 0.2) is 36.7 Å². The van der Waals surface area contributed by atoms with Crippen molar-refractivity contribution >= 4 is 5.91 Å². The van der Waals surface area contributed by atoms with Crippen LogP contribution in [0, 0.1) is 5.92 Å². The van der Waals surface area contributed by atoms with Gasteiger partial charge in [0.2, 0.25) is 0 Å². The first-order valence-corrected chi connectivity index (χ1v) is 9.45. The fourth-order valence-electron chi connectivity index (χ4n) is 3.77. The van der Waals surface area contributed by atoms with Crippen molar-refractivity contribution in [2.75, 3.05) is 13.1 Å². The van der Waals surface area contributed by atoms with Crippen molar-refractivity contribution < 1.29 is 18.3 Å². The highest BCUT2D eigenvalue weighted by Crippen LogP contribution is 2.33. The molecule has 1 saturated carbocycles. The second kappa shape index (κ2) is 7.66. The molecule has 0 spiro atoms. The molecule has 144 valence electrons. The van der Waals surface area contributed by atoms with Gasteiger partial charge in [0.25, 0.3) is 5.91 Å². The van der Waals surface area contributed by atoms with Gasteiger partial charge in [-0.1, -0.05) is 6.07 Å². The molecule has 1 saturated heterocycles. The summed E-state index contributed by atoms with van der Waals surface area (Å²) in [7, 11) is 0. The van der Waals surface area contributed by atoms with E-state index in [0.717, 1.165) is 31.1 Å². The normalized spacial score (nSPS) is 20.1. The van der Waals surface area contributed by atoms with Crippen LogP contribution in [0.4, 0.5) is 8.78 Å².